The summed E-state index contributed by atoms with van der Waals surface area (Å²) in [7, 11) is 0. The van der Waals surface area contributed by atoms with E-state index in [0.29, 0.717) is 17.9 Å². The van der Waals surface area contributed by atoms with Crippen LogP contribution in [-0.2, 0) is 9.53 Å². The van der Waals surface area contributed by atoms with Crippen LogP contribution in [0.5, 0.6) is 5.75 Å². The molecule has 30 heavy (non-hydrogen) atoms. The molecule has 0 aliphatic rings. The molecule has 0 aliphatic carbocycles. The van der Waals surface area contributed by atoms with Crippen LogP contribution in [0.2, 0.25) is 0 Å². The summed E-state index contributed by atoms with van der Waals surface area (Å²) < 4.78 is 45.2. The van der Waals surface area contributed by atoms with Gasteiger partial charge in [-0.2, -0.15) is 0 Å². The maximum Gasteiger partial charge on any atom is 0.573 e. The van der Waals surface area contributed by atoms with Crippen LogP contribution in [0, 0.1) is 0 Å². The molecule has 6 nitrogen and oxygen atoms in total. The van der Waals surface area contributed by atoms with E-state index in [0.717, 1.165) is 17.7 Å². The molecule has 0 aliphatic heterocycles. The van der Waals surface area contributed by atoms with Gasteiger partial charge in [-0.25, -0.2) is 9.98 Å². The molecule has 0 saturated carbocycles. The van der Waals surface area contributed by atoms with Gasteiger partial charge in [0.25, 0.3) is 0 Å². The molecule has 2 aromatic carbocycles. The van der Waals surface area contributed by atoms with Crippen molar-refractivity contribution in [3.8, 4) is 5.75 Å². The van der Waals surface area contributed by atoms with Gasteiger partial charge in [-0.15, -0.1) is 13.2 Å². The number of halogens is 3. The first kappa shape index (κ1) is 22.9. The Kier molecular flexibility index (Phi) is 7.97. The van der Waals surface area contributed by atoms with E-state index in [9.17, 15) is 18.0 Å². The minimum absolute atomic E-state index is 0.00197. The van der Waals surface area contributed by atoms with Gasteiger partial charge in [0.2, 0.25) is 0 Å². The van der Waals surface area contributed by atoms with Crippen LogP contribution in [-0.4, -0.2) is 31.1 Å². The van der Waals surface area contributed by atoms with Crippen LogP contribution in [0.1, 0.15) is 37.3 Å². The summed E-state index contributed by atoms with van der Waals surface area (Å²) in [6.07, 6.45) is -3.24. The Morgan fingerprint density at radius 3 is 2.33 bits per heavy atom. The Morgan fingerprint density at radius 2 is 1.77 bits per heavy atom. The van der Waals surface area contributed by atoms with Gasteiger partial charge in [0.1, 0.15) is 17.9 Å². The molecule has 0 amide bonds. The van der Waals surface area contributed by atoms with Crippen molar-refractivity contribution in [2.24, 2.45) is 15.7 Å². The highest BCUT2D eigenvalue weighted by Gasteiger charge is 2.30. The second-order valence-electron chi connectivity index (χ2n) is 6.33. The molecular weight excluding hydrogens is 399 g/mol. The smallest absolute Gasteiger partial charge is 0.466 e. The molecule has 160 valence electrons. The number of hydrogen-bond donors (Lipinski definition) is 1. The van der Waals surface area contributed by atoms with Crippen molar-refractivity contribution in [2.75, 3.05) is 6.61 Å². The molecule has 2 aromatic rings. The van der Waals surface area contributed by atoms with Crippen molar-refractivity contribution >= 4 is 23.8 Å². The number of amidine groups is 1. The number of ether oxygens (including phenoxy) is 2. The van der Waals surface area contributed by atoms with Crippen molar-refractivity contribution < 1.29 is 27.4 Å². The lowest BCUT2D eigenvalue weighted by atomic mass is 9.97. The summed E-state index contributed by atoms with van der Waals surface area (Å²) in [6.45, 7) is 4.05. The van der Waals surface area contributed by atoms with E-state index in [1.165, 1.54) is 18.5 Å². The molecular formula is C21H22F3N3O3. The highest BCUT2D eigenvalue weighted by atomic mass is 19.4. The molecule has 2 rings (SSSR count). The van der Waals surface area contributed by atoms with Gasteiger partial charge in [0.05, 0.1) is 18.7 Å². The quantitative estimate of drug-likeness (QED) is 0.380. The first-order valence-corrected chi connectivity index (χ1v) is 9.15. The minimum atomic E-state index is -4.74. The summed E-state index contributed by atoms with van der Waals surface area (Å²) >= 11 is 0. The van der Waals surface area contributed by atoms with E-state index in [2.05, 4.69) is 14.7 Å². The fraction of sp³-hybridized carbons (Fsp3) is 0.286. The van der Waals surface area contributed by atoms with Crippen molar-refractivity contribution in [1.29, 1.82) is 0 Å². The number of esters is 1. The number of nitrogens with two attached hydrogens (primary N) is 1. The average molecular weight is 421 g/mol. The lowest BCUT2D eigenvalue weighted by Gasteiger charge is -2.11. The molecule has 2 N–H and O–H groups in total. The zero-order chi connectivity index (χ0) is 22.1. The predicted molar refractivity (Wildman–Crippen MR) is 108 cm³/mol. The maximum absolute atomic E-state index is 12.1. The molecule has 0 spiro atoms. The standard InChI is InChI=1S/C21H22F3N3O3/c1-3-29-19(28)12-14(2)15-4-6-16(7-5-15)20(25)27-13-26-17-8-10-18(11-9-17)30-21(22,23)24/h4-11,13-14H,3,12H2,1-2H3,(H2,25,26,27). The van der Waals surface area contributed by atoms with Crippen LogP contribution >= 0.6 is 0 Å². The lowest BCUT2D eigenvalue weighted by Crippen LogP contribution is -2.16. The fourth-order valence-corrected chi connectivity index (χ4v) is 2.54. The maximum atomic E-state index is 12.1. The molecule has 9 heteroatoms. The molecule has 1 atom stereocenters. The van der Waals surface area contributed by atoms with Gasteiger partial charge in [-0.1, -0.05) is 31.2 Å². The molecule has 0 saturated heterocycles. The highest BCUT2D eigenvalue weighted by Crippen LogP contribution is 2.24. The van der Waals surface area contributed by atoms with E-state index in [1.807, 2.05) is 19.1 Å². The van der Waals surface area contributed by atoms with Crippen LogP contribution in [0.25, 0.3) is 0 Å². The van der Waals surface area contributed by atoms with E-state index >= 15 is 0 Å². The first-order valence-electron chi connectivity index (χ1n) is 9.15. The number of aliphatic imine (C=N–C) groups is 2. The third-order valence-electron chi connectivity index (χ3n) is 4.03. The molecule has 0 aromatic heterocycles. The third-order valence-corrected chi connectivity index (χ3v) is 4.03. The van der Waals surface area contributed by atoms with Crippen molar-refractivity contribution in [2.45, 2.75) is 32.5 Å². The third kappa shape index (κ3) is 7.57. The normalized spacial score (nSPS) is 13.3. The van der Waals surface area contributed by atoms with E-state index in [1.54, 1.807) is 19.1 Å². The fourth-order valence-electron chi connectivity index (χ4n) is 2.54. The highest BCUT2D eigenvalue weighted by molar-refractivity contribution is 6.01. The van der Waals surface area contributed by atoms with Crippen LogP contribution < -0.4 is 10.5 Å². The van der Waals surface area contributed by atoms with E-state index in [-0.39, 0.29) is 29.9 Å². The number of alkyl halides is 3. The van der Waals surface area contributed by atoms with E-state index < -0.39 is 6.36 Å². The summed E-state index contributed by atoms with van der Waals surface area (Å²) in [5, 5.41) is 0. The predicted octanol–water partition coefficient (Wildman–Crippen LogP) is 4.71. The number of carbonyl (C=O) groups excluding carboxylic acids is 1. The molecule has 0 heterocycles. The second-order valence-corrected chi connectivity index (χ2v) is 6.33. The number of benzene rings is 2. The van der Waals surface area contributed by atoms with Crippen molar-refractivity contribution in [1.82, 2.24) is 0 Å². The Hall–Kier alpha value is -3.36. The van der Waals surface area contributed by atoms with Crippen molar-refractivity contribution in [3.63, 3.8) is 0 Å². The largest absolute Gasteiger partial charge is 0.573 e. The lowest BCUT2D eigenvalue weighted by molar-refractivity contribution is -0.274. The second kappa shape index (κ2) is 10.4. The topological polar surface area (TPSA) is 86.3 Å². The van der Waals surface area contributed by atoms with Crippen LogP contribution in [0.15, 0.2) is 58.5 Å². The van der Waals surface area contributed by atoms with Gasteiger partial charge >= 0.3 is 12.3 Å². The molecule has 1 unspecified atom stereocenters. The molecule has 0 fully saturated rings. The molecule has 0 radical (unpaired) electrons. The first-order chi connectivity index (χ1) is 14.2. The molecule has 0 bridgehead atoms. The zero-order valence-corrected chi connectivity index (χ0v) is 16.5. The Bertz CT molecular complexity index is 892. The summed E-state index contributed by atoms with van der Waals surface area (Å²) in [6, 6.07) is 12.3. The van der Waals surface area contributed by atoms with Crippen LogP contribution in [0.3, 0.4) is 0 Å². The van der Waals surface area contributed by atoms with Crippen LogP contribution in [0.4, 0.5) is 18.9 Å². The van der Waals surface area contributed by atoms with E-state index in [4.69, 9.17) is 10.5 Å². The number of hydrogen-bond acceptors (Lipinski definition) is 4. The minimum Gasteiger partial charge on any atom is -0.466 e. The van der Waals surface area contributed by atoms with Gasteiger partial charge in [-0.05, 0) is 42.7 Å². The zero-order valence-electron chi connectivity index (χ0n) is 16.5. The Morgan fingerprint density at radius 1 is 1.13 bits per heavy atom. The SMILES string of the molecule is CCOC(=O)CC(C)c1ccc(C(N)=NC=Nc2ccc(OC(F)(F)F)cc2)cc1. The monoisotopic (exact) mass is 421 g/mol. The number of carbonyl (C=O) groups is 1. The Balaban J connectivity index is 1.97. The number of nitrogens with zero attached hydrogens (tertiary/aromatic N) is 2. The Labute approximate surface area is 172 Å². The van der Waals surface area contributed by atoms with Gasteiger partial charge in [-0.3, -0.25) is 4.79 Å². The van der Waals surface area contributed by atoms with Gasteiger partial charge in [0.15, 0.2) is 0 Å². The summed E-state index contributed by atoms with van der Waals surface area (Å²) in [5.41, 5.74) is 7.97. The number of rotatable bonds is 8. The summed E-state index contributed by atoms with van der Waals surface area (Å²) in [4.78, 5) is 19.6. The van der Waals surface area contributed by atoms with Crippen molar-refractivity contribution in [3.05, 3.63) is 59.7 Å². The van der Waals surface area contributed by atoms with Gasteiger partial charge < -0.3 is 15.2 Å². The summed E-state index contributed by atoms with van der Waals surface area (Å²) in [5.74, 6) is -0.353. The average Bonchev–Trinajstić information content (AvgIpc) is 2.68. The van der Waals surface area contributed by atoms with Gasteiger partial charge in [0, 0.05) is 5.56 Å².